The van der Waals surface area contributed by atoms with Crippen LogP contribution in [0.1, 0.15) is 32.5 Å². The van der Waals surface area contributed by atoms with E-state index in [-0.39, 0.29) is 24.4 Å². The molecule has 1 saturated heterocycles. The Hall–Kier alpha value is -1.98. The number of nitrogens with zero attached hydrogens (tertiary/aromatic N) is 3. The van der Waals surface area contributed by atoms with E-state index < -0.39 is 5.54 Å². The van der Waals surface area contributed by atoms with Gasteiger partial charge < -0.3 is 10.2 Å². The van der Waals surface area contributed by atoms with E-state index in [1.807, 2.05) is 0 Å². The predicted molar refractivity (Wildman–Crippen MR) is 71.3 cm³/mol. The van der Waals surface area contributed by atoms with Gasteiger partial charge in [-0.3, -0.25) is 9.59 Å². The Bertz CT molecular complexity index is 539. The van der Waals surface area contributed by atoms with Crippen LogP contribution in [0.5, 0.6) is 0 Å². The second-order valence-electron chi connectivity index (χ2n) is 5.94. The van der Waals surface area contributed by atoms with Crippen LogP contribution in [0.2, 0.25) is 0 Å². The summed E-state index contributed by atoms with van der Waals surface area (Å²) in [5, 5.41) is 2.86. The van der Waals surface area contributed by atoms with Gasteiger partial charge in [-0.05, 0) is 38.7 Å². The zero-order chi connectivity index (χ0) is 14.3. The Labute approximate surface area is 117 Å². The lowest BCUT2D eigenvalue weighted by Gasteiger charge is -2.44. The highest BCUT2D eigenvalue weighted by atomic mass is 16.2. The summed E-state index contributed by atoms with van der Waals surface area (Å²) in [4.78, 5) is 34.8. The number of hydrogen-bond donors (Lipinski definition) is 1. The van der Waals surface area contributed by atoms with Gasteiger partial charge >= 0.3 is 0 Å². The highest BCUT2D eigenvalue weighted by molar-refractivity contribution is 5.99. The molecular weight excluding hydrogens is 256 g/mol. The molecule has 1 N–H and O–H groups in total. The van der Waals surface area contributed by atoms with E-state index >= 15 is 0 Å². The standard InChI is InChI=1S/C14H18N4O2/c1-14(2)13(20)17-11(9-4-5-9)12(19)18(14)8-10-15-6-3-7-16-10/h3,6-7,9,11H,4-5,8H2,1-2H3,(H,17,20). The molecule has 6 heteroatoms. The largest absolute Gasteiger partial charge is 0.342 e. The Morgan fingerprint density at radius 1 is 1.30 bits per heavy atom. The summed E-state index contributed by atoms with van der Waals surface area (Å²) < 4.78 is 0. The van der Waals surface area contributed by atoms with Crippen molar-refractivity contribution >= 4 is 11.8 Å². The van der Waals surface area contributed by atoms with Gasteiger partial charge in [-0.15, -0.1) is 0 Å². The smallest absolute Gasteiger partial charge is 0.246 e. The fraction of sp³-hybridized carbons (Fsp3) is 0.571. The lowest BCUT2D eigenvalue weighted by atomic mass is 9.94. The van der Waals surface area contributed by atoms with Gasteiger partial charge in [0.1, 0.15) is 17.4 Å². The molecule has 1 saturated carbocycles. The van der Waals surface area contributed by atoms with Crippen molar-refractivity contribution in [1.82, 2.24) is 20.2 Å². The van der Waals surface area contributed by atoms with E-state index in [0.717, 1.165) is 12.8 Å². The van der Waals surface area contributed by atoms with Crippen LogP contribution in [-0.2, 0) is 16.1 Å². The van der Waals surface area contributed by atoms with Crippen molar-refractivity contribution < 1.29 is 9.59 Å². The van der Waals surface area contributed by atoms with Crippen molar-refractivity contribution in [1.29, 1.82) is 0 Å². The van der Waals surface area contributed by atoms with Gasteiger partial charge in [0.05, 0.1) is 6.54 Å². The lowest BCUT2D eigenvalue weighted by molar-refractivity contribution is -0.156. The van der Waals surface area contributed by atoms with Gasteiger partial charge in [0.2, 0.25) is 11.8 Å². The highest BCUT2D eigenvalue weighted by Crippen LogP contribution is 2.36. The fourth-order valence-electron chi connectivity index (χ4n) is 2.52. The van der Waals surface area contributed by atoms with Gasteiger partial charge in [0.25, 0.3) is 0 Å². The SMILES string of the molecule is CC1(C)C(=O)NC(C2CC2)C(=O)N1Cc1ncccn1. The highest BCUT2D eigenvalue weighted by Gasteiger charge is 2.50. The molecule has 1 atom stereocenters. The zero-order valence-corrected chi connectivity index (χ0v) is 11.7. The third kappa shape index (κ3) is 2.15. The van der Waals surface area contributed by atoms with Crippen molar-refractivity contribution in [2.75, 3.05) is 0 Å². The van der Waals surface area contributed by atoms with Gasteiger partial charge in [-0.2, -0.15) is 0 Å². The minimum atomic E-state index is -0.873. The summed E-state index contributed by atoms with van der Waals surface area (Å²) >= 11 is 0. The number of amides is 2. The monoisotopic (exact) mass is 274 g/mol. The quantitative estimate of drug-likeness (QED) is 0.870. The van der Waals surface area contributed by atoms with Gasteiger partial charge in [0.15, 0.2) is 0 Å². The second kappa shape index (κ2) is 4.54. The average molecular weight is 274 g/mol. The molecule has 2 aliphatic rings. The molecule has 106 valence electrons. The fourth-order valence-corrected chi connectivity index (χ4v) is 2.52. The second-order valence-corrected chi connectivity index (χ2v) is 5.94. The zero-order valence-electron chi connectivity index (χ0n) is 11.7. The van der Waals surface area contributed by atoms with Crippen molar-refractivity contribution in [2.45, 2.75) is 44.8 Å². The lowest BCUT2D eigenvalue weighted by Crippen LogP contribution is -2.68. The van der Waals surface area contributed by atoms with Crippen LogP contribution < -0.4 is 5.32 Å². The van der Waals surface area contributed by atoms with Crippen LogP contribution >= 0.6 is 0 Å². The van der Waals surface area contributed by atoms with Crippen molar-refractivity contribution in [3.05, 3.63) is 24.3 Å². The van der Waals surface area contributed by atoms with Crippen LogP contribution in [0, 0.1) is 5.92 Å². The Kier molecular flexibility index (Phi) is 2.96. The Morgan fingerprint density at radius 3 is 2.55 bits per heavy atom. The molecule has 1 unspecified atom stereocenters. The molecule has 1 aromatic rings. The molecule has 1 aliphatic carbocycles. The van der Waals surface area contributed by atoms with Gasteiger partial charge in [-0.25, -0.2) is 9.97 Å². The maximum atomic E-state index is 12.6. The molecule has 0 aromatic carbocycles. The molecule has 2 fully saturated rings. The maximum absolute atomic E-state index is 12.6. The first-order valence-corrected chi connectivity index (χ1v) is 6.88. The van der Waals surface area contributed by atoms with Crippen LogP contribution in [0.25, 0.3) is 0 Å². The van der Waals surface area contributed by atoms with Crippen LogP contribution in [0.4, 0.5) is 0 Å². The molecule has 2 amide bonds. The van der Waals surface area contributed by atoms with Crippen LogP contribution in [-0.4, -0.2) is 38.3 Å². The molecule has 0 radical (unpaired) electrons. The first-order chi connectivity index (χ1) is 9.50. The molecule has 2 heterocycles. The Balaban J connectivity index is 1.87. The predicted octanol–water partition coefficient (Wildman–Crippen LogP) is 0.492. The molecule has 0 spiro atoms. The van der Waals surface area contributed by atoms with E-state index in [1.165, 1.54) is 0 Å². The minimum Gasteiger partial charge on any atom is -0.342 e. The molecule has 0 bridgehead atoms. The number of nitrogens with one attached hydrogen (secondary N) is 1. The summed E-state index contributed by atoms with van der Waals surface area (Å²) in [6, 6.07) is 1.35. The first-order valence-electron chi connectivity index (χ1n) is 6.88. The van der Waals surface area contributed by atoms with Crippen molar-refractivity contribution in [3.8, 4) is 0 Å². The summed E-state index contributed by atoms with van der Waals surface area (Å²) in [5.74, 6) is 0.717. The molecule has 1 aromatic heterocycles. The third-order valence-corrected chi connectivity index (χ3v) is 4.06. The number of carbonyl (C=O) groups excluding carboxylic acids is 2. The van der Waals surface area contributed by atoms with E-state index in [2.05, 4.69) is 15.3 Å². The summed E-state index contributed by atoms with van der Waals surface area (Å²) in [5.41, 5.74) is -0.873. The summed E-state index contributed by atoms with van der Waals surface area (Å²) in [6.07, 6.45) is 5.30. The van der Waals surface area contributed by atoms with E-state index in [1.54, 1.807) is 37.2 Å². The normalized spacial score (nSPS) is 25.5. The van der Waals surface area contributed by atoms with E-state index in [0.29, 0.717) is 11.7 Å². The molecule has 20 heavy (non-hydrogen) atoms. The van der Waals surface area contributed by atoms with Gasteiger partial charge in [0, 0.05) is 12.4 Å². The summed E-state index contributed by atoms with van der Waals surface area (Å²) in [7, 11) is 0. The van der Waals surface area contributed by atoms with E-state index in [4.69, 9.17) is 0 Å². The number of aromatic nitrogens is 2. The number of rotatable bonds is 3. The van der Waals surface area contributed by atoms with Crippen LogP contribution in [0.15, 0.2) is 18.5 Å². The number of piperazine rings is 1. The van der Waals surface area contributed by atoms with Gasteiger partial charge in [-0.1, -0.05) is 0 Å². The topological polar surface area (TPSA) is 75.2 Å². The molecular formula is C14H18N4O2. The number of hydrogen-bond acceptors (Lipinski definition) is 4. The molecule has 1 aliphatic heterocycles. The van der Waals surface area contributed by atoms with E-state index in [9.17, 15) is 9.59 Å². The maximum Gasteiger partial charge on any atom is 0.246 e. The number of carbonyl (C=O) groups is 2. The third-order valence-electron chi connectivity index (χ3n) is 4.06. The summed E-state index contributed by atoms with van der Waals surface area (Å²) in [6.45, 7) is 3.78. The first kappa shape index (κ1) is 13.0. The molecule has 6 nitrogen and oxygen atoms in total. The van der Waals surface area contributed by atoms with Crippen LogP contribution in [0.3, 0.4) is 0 Å². The van der Waals surface area contributed by atoms with Crippen molar-refractivity contribution in [3.63, 3.8) is 0 Å². The van der Waals surface area contributed by atoms with Crippen molar-refractivity contribution in [2.24, 2.45) is 5.92 Å². The average Bonchev–Trinajstić information content (AvgIpc) is 3.25. The minimum absolute atomic E-state index is 0.0236. The molecule has 3 rings (SSSR count). The Morgan fingerprint density at radius 2 is 1.95 bits per heavy atom.